The molecular formula is C14H25N3. The Morgan fingerprint density at radius 1 is 1.53 bits per heavy atom. The zero-order valence-corrected chi connectivity index (χ0v) is 11.2. The van der Waals surface area contributed by atoms with E-state index in [0.29, 0.717) is 5.96 Å². The van der Waals surface area contributed by atoms with Crippen LogP contribution in [0.2, 0.25) is 0 Å². The lowest BCUT2D eigenvalue weighted by Crippen LogP contribution is -2.53. The predicted molar refractivity (Wildman–Crippen MR) is 72.9 cm³/mol. The molecule has 3 heteroatoms. The summed E-state index contributed by atoms with van der Waals surface area (Å²) in [4.78, 5) is 6.73. The van der Waals surface area contributed by atoms with Crippen LogP contribution in [0.15, 0.2) is 17.6 Å². The highest BCUT2D eigenvalue weighted by Gasteiger charge is 2.44. The van der Waals surface area contributed by atoms with Crippen LogP contribution < -0.4 is 5.73 Å². The average molecular weight is 235 g/mol. The third kappa shape index (κ3) is 2.20. The molecule has 1 heterocycles. The standard InChI is InChI=1S/C14H25N3/c1-4-9-17-13(15)16-10-14(17)7-5-12(6-8-14)11(2)3/h4,11-12H,1,5-10H2,2-3H3,(H2,15,16). The Morgan fingerprint density at radius 2 is 2.18 bits per heavy atom. The van der Waals surface area contributed by atoms with Gasteiger partial charge in [0.15, 0.2) is 5.96 Å². The molecule has 2 N–H and O–H groups in total. The van der Waals surface area contributed by atoms with Crippen LogP contribution in [0.1, 0.15) is 39.5 Å². The molecule has 0 aromatic heterocycles. The van der Waals surface area contributed by atoms with Gasteiger partial charge in [-0.3, -0.25) is 4.99 Å². The zero-order valence-electron chi connectivity index (χ0n) is 11.2. The first-order valence-corrected chi connectivity index (χ1v) is 6.77. The van der Waals surface area contributed by atoms with Crippen molar-refractivity contribution >= 4 is 5.96 Å². The molecule has 17 heavy (non-hydrogen) atoms. The summed E-state index contributed by atoms with van der Waals surface area (Å²) in [6.07, 6.45) is 7.02. The van der Waals surface area contributed by atoms with Gasteiger partial charge >= 0.3 is 0 Å². The fourth-order valence-corrected chi connectivity index (χ4v) is 3.33. The van der Waals surface area contributed by atoms with Crippen molar-refractivity contribution in [3.8, 4) is 0 Å². The molecule has 1 saturated carbocycles. The second kappa shape index (κ2) is 4.71. The molecule has 0 unspecified atom stereocenters. The summed E-state index contributed by atoms with van der Waals surface area (Å²) in [7, 11) is 0. The Bertz CT molecular complexity index is 311. The molecule has 1 fully saturated rings. The van der Waals surface area contributed by atoms with E-state index >= 15 is 0 Å². The average Bonchev–Trinajstić information content (AvgIpc) is 2.60. The van der Waals surface area contributed by atoms with E-state index in [4.69, 9.17) is 5.73 Å². The largest absolute Gasteiger partial charge is 0.370 e. The van der Waals surface area contributed by atoms with Crippen LogP contribution in [-0.4, -0.2) is 29.5 Å². The summed E-state index contributed by atoms with van der Waals surface area (Å²) in [5, 5.41) is 0. The van der Waals surface area contributed by atoms with E-state index in [1.807, 2.05) is 6.08 Å². The number of rotatable bonds is 3. The van der Waals surface area contributed by atoms with E-state index in [1.54, 1.807) is 0 Å². The maximum absolute atomic E-state index is 5.99. The van der Waals surface area contributed by atoms with Gasteiger partial charge in [0, 0.05) is 6.54 Å². The Balaban J connectivity index is 2.04. The summed E-state index contributed by atoms with van der Waals surface area (Å²) < 4.78 is 0. The predicted octanol–water partition coefficient (Wildman–Crippen LogP) is 2.39. The number of nitrogens with two attached hydrogens (primary N) is 1. The normalized spacial score (nSPS) is 33.2. The fraction of sp³-hybridized carbons (Fsp3) is 0.786. The van der Waals surface area contributed by atoms with E-state index in [9.17, 15) is 0 Å². The van der Waals surface area contributed by atoms with Crippen molar-refractivity contribution < 1.29 is 0 Å². The molecular weight excluding hydrogens is 210 g/mol. The topological polar surface area (TPSA) is 41.6 Å². The zero-order chi connectivity index (χ0) is 12.5. The van der Waals surface area contributed by atoms with E-state index in [-0.39, 0.29) is 5.54 Å². The SMILES string of the molecule is C=CCN1C(N)=NCC12CCC(C(C)C)CC2. The van der Waals surface area contributed by atoms with Crippen LogP contribution in [0.3, 0.4) is 0 Å². The molecule has 2 aliphatic rings. The van der Waals surface area contributed by atoms with Crippen molar-refractivity contribution in [1.82, 2.24) is 4.90 Å². The van der Waals surface area contributed by atoms with Crippen molar-refractivity contribution in [2.75, 3.05) is 13.1 Å². The molecule has 3 nitrogen and oxygen atoms in total. The van der Waals surface area contributed by atoms with Crippen LogP contribution >= 0.6 is 0 Å². The minimum atomic E-state index is 0.212. The second-order valence-corrected chi connectivity index (χ2v) is 5.88. The summed E-state index contributed by atoms with van der Waals surface area (Å²) in [6.45, 7) is 10.2. The van der Waals surface area contributed by atoms with Gasteiger partial charge in [-0.15, -0.1) is 6.58 Å². The van der Waals surface area contributed by atoms with Gasteiger partial charge in [-0.1, -0.05) is 19.9 Å². The lowest BCUT2D eigenvalue weighted by Gasteiger charge is -2.44. The molecule has 1 aliphatic heterocycles. The summed E-state index contributed by atoms with van der Waals surface area (Å²) in [5.74, 6) is 2.40. The van der Waals surface area contributed by atoms with Crippen LogP contribution in [-0.2, 0) is 0 Å². The molecule has 0 amide bonds. The molecule has 0 aromatic carbocycles. The third-order valence-electron chi connectivity index (χ3n) is 4.60. The van der Waals surface area contributed by atoms with Crippen molar-refractivity contribution in [2.45, 2.75) is 45.1 Å². The quantitative estimate of drug-likeness (QED) is 0.763. The summed E-state index contributed by atoms with van der Waals surface area (Å²) >= 11 is 0. The van der Waals surface area contributed by atoms with Gasteiger partial charge in [-0.2, -0.15) is 0 Å². The first-order chi connectivity index (χ1) is 8.09. The molecule has 0 aromatic rings. The summed E-state index contributed by atoms with van der Waals surface area (Å²) in [5.41, 5.74) is 6.21. The molecule has 0 radical (unpaired) electrons. The van der Waals surface area contributed by atoms with Gasteiger partial charge in [-0.05, 0) is 37.5 Å². The Hall–Kier alpha value is -0.990. The van der Waals surface area contributed by atoms with Gasteiger partial charge in [0.05, 0.1) is 12.1 Å². The van der Waals surface area contributed by atoms with E-state index in [0.717, 1.165) is 24.9 Å². The Labute approximate surface area is 105 Å². The Kier molecular flexibility index (Phi) is 3.45. The minimum absolute atomic E-state index is 0.212. The maximum atomic E-state index is 5.99. The lowest BCUT2D eigenvalue weighted by molar-refractivity contribution is 0.109. The highest BCUT2D eigenvalue weighted by molar-refractivity contribution is 5.81. The van der Waals surface area contributed by atoms with Gasteiger partial charge < -0.3 is 10.6 Å². The molecule has 1 spiro atoms. The van der Waals surface area contributed by atoms with Gasteiger partial charge in [0.2, 0.25) is 0 Å². The van der Waals surface area contributed by atoms with Crippen LogP contribution in [0.4, 0.5) is 0 Å². The van der Waals surface area contributed by atoms with Crippen molar-refractivity contribution in [1.29, 1.82) is 0 Å². The second-order valence-electron chi connectivity index (χ2n) is 5.88. The number of hydrogen-bond donors (Lipinski definition) is 1. The van der Waals surface area contributed by atoms with E-state index in [1.165, 1.54) is 25.7 Å². The van der Waals surface area contributed by atoms with Crippen LogP contribution in [0.5, 0.6) is 0 Å². The van der Waals surface area contributed by atoms with Gasteiger partial charge in [0.25, 0.3) is 0 Å². The summed E-state index contributed by atoms with van der Waals surface area (Å²) in [6, 6.07) is 0. The monoisotopic (exact) mass is 235 g/mol. The maximum Gasteiger partial charge on any atom is 0.192 e. The number of nitrogens with zero attached hydrogens (tertiary/aromatic N) is 2. The van der Waals surface area contributed by atoms with E-state index < -0.39 is 0 Å². The first-order valence-electron chi connectivity index (χ1n) is 6.77. The van der Waals surface area contributed by atoms with Crippen LogP contribution in [0, 0.1) is 11.8 Å². The molecule has 0 bridgehead atoms. The van der Waals surface area contributed by atoms with Crippen molar-refractivity contribution in [2.24, 2.45) is 22.6 Å². The Morgan fingerprint density at radius 3 is 2.71 bits per heavy atom. The lowest BCUT2D eigenvalue weighted by atomic mass is 9.72. The minimum Gasteiger partial charge on any atom is -0.370 e. The first kappa shape index (κ1) is 12.5. The highest BCUT2D eigenvalue weighted by atomic mass is 15.4. The van der Waals surface area contributed by atoms with Crippen LogP contribution in [0.25, 0.3) is 0 Å². The number of hydrogen-bond acceptors (Lipinski definition) is 3. The molecule has 1 aliphatic carbocycles. The molecule has 0 atom stereocenters. The van der Waals surface area contributed by atoms with Crippen molar-refractivity contribution in [3.05, 3.63) is 12.7 Å². The number of guanidine groups is 1. The molecule has 96 valence electrons. The highest BCUT2D eigenvalue weighted by Crippen LogP contribution is 2.41. The van der Waals surface area contributed by atoms with Crippen molar-refractivity contribution in [3.63, 3.8) is 0 Å². The van der Waals surface area contributed by atoms with E-state index in [2.05, 4.69) is 30.3 Å². The molecule has 0 saturated heterocycles. The molecule has 2 rings (SSSR count). The third-order valence-corrected chi connectivity index (χ3v) is 4.60. The number of aliphatic imine (C=N–C) groups is 1. The smallest absolute Gasteiger partial charge is 0.192 e. The van der Waals surface area contributed by atoms with Gasteiger partial charge in [0.1, 0.15) is 0 Å². The fourth-order valence-electron chi connectivity index (χ4n) is 3.33. The van der Waals surface area contributed by atoms with Gasteiger partial charge in [-0.25, -0.2) is 0 Å².